The highest BCUT2D eigenvalue weighted by atomic mass is 35.5. The topological polar surface area (TPSA) is 130 Å². The number of rotatable bonds is 4. The third-order valence-electron chi connectivity index (χ3n) is 3.75. The van der Waals surface area contributed by atoms with Gasteiger partial charge in [0.25, 0.3) is 0 Å². The molecule has 0 aliphatic carbocycles. The van der Waals surface area contributed by atoms with Crippen molar-refractivity contribution in [2.45, 2.75) is 24.9 Å². The highest BCUT2D eigenvalue weighted by molar-refractivity contribution is 6.30. The third kappa shape index (κ3) is 3.78. The minimum absolute atomic E-state index is 0.149. The Balaban J connectivity index is 1.74. The van der Waals surface area contributed by atoms with Crippen LogP contribution in [0.25, 0.3) is 0 Å². The maximum absolute atomic E-state index is 12.2. The number of aliphatic hydroxyl groups excluding tert-OH is 1. The van der Waals surface area contributed by atoms with E-state index >= 15 is 0 Å². The van der Waals surface area contributed by atoms with Gasteiger partial charge in [-0.1, -0.05) is 11.6 Å². The number of carbonyl (C=O) groups excluding carboxylic acids is 1. The van der Waals surface area contributed by atoms with Gasteiger partial charge < -0.3 is 20.3 Å². The van der Waals surface area contributed by atoms with Crippen molar-refractivity contribution in [2.75, 3.05) is 12.3 Å². The Morgan fingerprint density at radius 3 is 2.80 bits per heavy atom. The first kappa shape index (κ1) is 17.3. The van der Waals surface area contributed by atoms with Crippen LogP contribution in [0.2, 0.25) is 5.02 Å². The van der Waals surface area contributed by atoms with Crippen LogP contribution in [0.15, 0.2) is 35.4 Å². The number of esters is 1. The van der Waals surface area contributed by atoms with E-state index < -0.39 is 30.1 Å². The summed E-state index contributed by atoms with van der Waals surface area (Å²) >= 11 is 5.79. The van der Waals surface area contributed by atoms with Crippen LogP contribution in [0.5, 0.6) is 0 Å². The van der Waals surface area contributed by atoms with Crippen molar-refractivity contribution in [2.24, 2.45) is 0 Å². The summed E-state index contributed by atoms with van der Waals surface area (Å²) in [5.74, 6) is -0.728. The van der Waals surface area contributed by atoms with E-state index in [4.69, 9.17) is 26.8 Å². The molecule has 1 fully saturated rings. The summed E-state index contributed by atoms with van der Waals surface area (Å²) in [6.07, 6.45) is -0.910. The van der Waals surface area contributed by atoms with E-state index in [1.165, 1.54) is 18.5 Å². The zero-order valence-corrected chi connectivity index (χ0v) is 13.7. The molecule has 3 atom stereocenters. The van der Waals surface area contributed by atoms with Crippen molar-refractivity contribution in [3.63, 3.8) is 0 Å². The van der Waals surface area contributed by atoms with E-state index in [-0.39, 0.29) is 19.0 Å². The van der Waals surface area contributed by atoms with Gasteiger partial charge in [-0.25, -0.2) is 14.6 Å². The van der Waals surface area contributed by atoms with E-state index in [1.54, 1.807) is 12.1 Å². The lowest BCUT2D eigenvalue weighted by molar-refractivity contribution is -0.0524. The molecule has 0 amide bonds. The minimum atomic E-state index is -0.772. The molecule has 0 saturated carbocycles. The van der Waals surface area contributed by atoms with E-state index in [9.17, 15) is 14.7 Å². The normalized spacial score (nSPS) is 22.7. The highest BCUT2D eigenvalue weighted by Gasteiger charge is 2.39. The molecule has 9 nitrogen and oxygen atoms in total. The van der Waals surface area contributed by atoms with Crippen LogP contribution < -0.4 is 11.4 Å². The molecule has 2 aromatic rings. The molecular weight excluding hydrogens is 352 g/mol. The van der Waals surface area contributed by atoms with Gasteiger partial charge in [0.15, 0.2) is 0 Å². The number of hydrogen-bond donors (Lipinski definition) is 2. The van der Waals surface area contributed by atoms with Crippen LogP contribution >= 0.6 is 11.6 Å². The number of aliphatic hydroxyl groups is 1. The van der Waals surface area contributed by atoms with Gasteiger partial charge in [0.2, 0.25) is 5.95 Å². The number of benzene rings is 1. The molecule has 1 aliphatic rings. The lowest BCUT2D eigenvalue weighted by Gasteiger charge is -2.16. The summed E-state index contributed by atoms with van der Waals surface area (Å²) in [4.78, 5) is 31.4. The largest absolute Gasteiger partial charge is 0.456 e. The molecule has 3 N–H and O–H groups in total. The van der Waals surface area contributed by atoms with E-state index in [1.807, 2.05) is 0 Å². The third-order valence-corrected chi connectivity index (χ3v) is 4.01. The predicted molar refractivity (Wildman–Crippen MR) is 87.0 cm³/mol. The van der Waals surface area contributed by atoms with Gasteiger partial charge in [-0.05, 0) is 24.3 Å². The van der Waals surface area contributed by atoms with Gasteiger partial charge in [0, 0.05) is 11.4 Å². The number of nitrogen functional groups attached to an aromatic ring is 1. The van der Waals surface area contributed by atoms with Crippen molar-refractivity contribution in [3.05, 3.63) is 51.7 Å². The second-order valence-corrected chi connectivity index (χ2v) is 5.84. The zero-order valence-electron chi connectivity index (χ0n) is 12.9. The first-order valence-corrected chi connectivity index (χ1v) is 7.79. The van der Waals surface area contributed by atoms with E-state index in [0.29, 0.717) is 10.6 Å². The number of ether oxygens (including phenoxy) is 2. The minimum Gasteiger partial charge on any atom is -0.456 e. The maximum Gasteiger partial charge on any atom is 0.354 e. The summed E-state index contributed by atoms with van der Waals surface area (Å²) in [7, 11) is 0. The molecule has 1 aromatic carbocycles. The molecule has 0 unspecified atom stereocenters. The molecule has 3 rings (SSSR count). The first-order chi connectivity index (χ1) is 12.0. The van der Waals surface area contributed by atoms with Crippen molar-refractivity contribution >= 4 is 23.5 Å². The number of anilines is 1. The Kier molecular flexibility index (Phi) is 4.98. The Labute approximate surface area is 147 Å². The molecule has 0 spiro atoms. The van der Waals surface area contributed by atoms with E-state index in [2.05, 4.69) is 9.97 Å². The molecular formula is C15H15ClN4O5. The fourth-order valence-corrected chi connectivity index (χ4v) is 2.63. The van der Waals surface area contributed by atoms with Gasteiger partial charge >= 0.3 is 11.7 Å². The van der Waals surface area contributed by atoms with Gasteiger partial charge in [-0.3, -0.25) is 4.57 Å². The van der Waals surface area contributed by atoms with Crippen molar-refractivity contribution in [3.8, 4) is 0 Å². The molecule has 1 aliphatic heterocycles. The van der Waals surface area contributed by atoms with Crippen LogP contribution in [0.3, 0.4) is 0 Å². The lowest BCUT2D eigenvalue weighted by Crippen LogP contribution is -2.30. The number of hydrogen-bond acceptors (Lipinski definition) is 8. The highest BCUT2D eigenvalue weighted by Crippen LogP contribution is 2.30. The molecule has 1 saturated heterocycles. The average Bonchev–Trinajstić information content (AvgIpc) is 2.98. The molecule has 0 radical (unpaired) electrons. The van der Waals surface area contributed by atoms with E-state index in [0.717, 1.165) is 4.57 Å². The Bertz CT molecular complexity index is 825. The smallest absolute Gasteiger partial charge is 0.354 e. The first-order valence-electron chi connectivity index (χ1n) is 7.41. The molecule has 10 heteroatoms. The molecule has 25 heavy (non-hydrogen) atoms. The molecule has 2 heterocycles. The summed E-state index contributed by atoms with van der Waals surface area (Å²) in [6, 6.07) is 6.20. The SMILES string of the molecule is Nc1ncn([C@@H]2C[C@H](OC(=O)c3ccc(Cl)cc3)[C@@H](CO)O2)c(=O)n1. The molecule has 132 valence electrons. The van der Waals surface area contributed by atoms with Crippen LogP contribution in [0.4, 0.5) is 5.95 Å². The number of nitrogens with zero attached hydrogens (tertiary/aromatic N) is 3. The lowest BCUT2D eigenvalue weighted by atomic mass is 10.1. The second kappa shape index (κ2) is 7.18. The number of nitrogens with two attached hydrogens (primary N) is 1. The number of halogens is 1. The van der Waals surface area contributed by atoms with Crippen LogP contribution in [0, 0.1) is 0 Å². The van der Waals surface area contributed by atoms with Crippen LogP contribution in [-0.4, -0.2) is 44.4 Å². The molecule has 1 aromatic heterocycles. The Morgan fingerprint density at radius 2 is 2.16 bits per heavy atom. The van der Waals surface area contributed by atoms with Gasteiger partial charge in [0.05, 0.1) is 12.2 Å². The van der Waals surface area contributed by atoms with Gasteiger partial charge in [0.1, 0.15) is 24.8 Å². The van der Waals surface area contributed by atoms with Crippen LogP contribution in [-0.2, 0) is 9.47 Å². The van der Waals surface area contributed by atoms with Gasteiger partial charge in [-0.15, -0.1) is 0 Å². The predicted octanol–water partition coefficient (Wildman–Crippen LogP) is 0.379. The standard InChI is InChI=1S/C15H15ClN4O5/c16-9-3-1-8(2-4-9)13(22)25-10-5-12(24-11(10)6-21)20-7-18-14(17)19-15(20)23/h1-4,7,10-12,21H,5-6H2,(H2,17,19,23)/t10-,11+,12-/m0/s1. The van der Waals surface area contributed by atoms with Gasteiger partial charge in [-0.2, -0.15) is 4.98 Å². The summed E-state index contributed by atoms with van der Waals surface area (Å²) in [5.41, 5.74) is 5.03. The van der Waals surface area contributed by atoms with Crippen molar-refractivity contribution in [1.29, 1.82) is 0 Å². The summed E-state index contributed by atoms with van der Waals surface area (Å²) in [6.45, 7) is -0.375. The number of carbonyl (C=O) groups is 1. The number of aromatic nitrogens is 3. The van der Waals surface area contributed by atoms with Crippen LogP contribution in [0.1, 0.15) is 23.0 Å². The quantitative estimate of drug-likeness (QED) is 0.743. The molecule has 0 bridgehead atoms. The fourth-order valence-electron chi connectivity index (χ4n) is 2.50. The Hall–Kier alpha value is -2.49. The summed E-state index contributed by atoms with van der Waals surface area (Å²) < 4.78 is 12.1. The van der Waals surface area contributed by atoms with Crippen molar-refractivity contribution < 1.29 is 19.4 Å². The van der Waals surface area contributed by atoms with Crippen molar-refractivity contribution in [1.82, 2.24) is 14.5 Å². The average molecular weight is 367 g/mol. The fraction of sp³-hybridized carbons (Fsp3) is 0.333. The summed E-state index contributed by atoms with van der Waals surface area (Å²) in [5, 5.41) is 9.96. The second-order valence-electron chi connectivity index (χ2n) is 5.40. The monoisotopic (exact) mass is 366 g/mol. The maximum atomic E-state index is 12.2. The zero-order chi connectivity index (χ0) is 18.0. The Morgan fingerprint density at radius 1 is 1.44 bits per heavy atom.